The molecule has 3 nitrogen and oxygen atoms in total. The Morgan fingerprint density at radius 1 is 0.450 bits per heavy atom. The van der Waals surface area contributed by atoms with Gasteiger partial charge in [0.2, 0.25) is 0 Å². The van der Waals surface area contributed by atoms with Crippen molar-refractivity contribution in [1.29, 1.82) is 0 Å². The highest BCUT2D eigenvalue weighted by Gasteiger charge is 1.99. The average molecular weight is 292 g/mol. The van der Waals surface area contributed by atoms with Crippen molar-refractivity contribution in [3.8, 4) is 0 Å². The summed E-state index contributed by atoms with van der Waals surface area (Å²) >= 11 is 0. The Labute approximate surface area is 131 Å². The SMILES string of the molecule is CC.CC.CC.CN(C)CCCN(C)CCCN(C)C. The maximum Gasteiger partial charge on any atom is -0.000959 e. The van der Waals surface area contributed by atoms with Crippen molar-refractivity contribution in [2.24, 2.45) is 0 Å². The van der Waals surface area contributed by atoms with Crippen LogP contribution < -0.4 is 0 Å². The minimum Gasteiger partial charge on any atom is -0.309 e. The van der Waals surface area contributed by atoms with E-state index in [9.17, 15) is 0 Å². The zero-order chi connectivity index (χ0) is 17.0. The van der Waals surface area contributed by atoms with E-state index in [1.54, 1.807) is 0 Å². The molecule has 0 saturated heterocycles. The van der Waals surface area contributed by atoms with E-state index in [0.29, 0.717) is 0 Å². The molecule has 0 atom stereocenters. The molecule has 0 N–H and O–H groups in total. The molecule has 0 aromatic rings. The second-order valence-electron chi connectivity index (χ2n) is 4.62. The van der Waals surface area contributed by atoms with Crippen LogP contribution in [0.4, 0.5) is 0 Å². The zero-order valence-electron chi connectivity index (χ0n) is 16.6. The summed E-state index contributed by atoms with van der Waals surface area (Å²) in [4.78, 5) is 6.91. The fourth-order valence-electron chi connectivity index (χ4n) is 1.43. The van der Waals surface area contributed by atoms with E-state index in [-0.39, 0.29) is 0 Å². The molecule has 128 valence electrons. The van der Waals surface area contributed by atoms with E-state index >= 15 is 0 Å². The normalized spacial score (nSPS) is 9.30. The molecule has 3 heteroatoms. The van der Waals surface area contributed by atoms with Gasteiger partial charge in [-0.3, -0.25) is 0 Å². The van der Waals surface area contributed by atoms with Crippen molar-refractivity contribution < 1.29 is 0 Å². The van der Waals surface area contributed by atoms with Gasteiger partial charge in [0.1, 0.15) is 0 Å². The van der Waals surface area contributed by atoms with E-state index in [2.05, 4.69) is 49.9 Å². The summed E-state index contributed by atoms with van der Waals surface area (Å²) in [7, 11) is 10.7. The van der Waals surface area contributed by atoms with E-state index < -0.39 is 0 Å². The molecule has 0 aromatic heterocycles. The molecule has 0 fully saturated rings. The van der Waals surface area contributed by atoms with Gasteiger partial charge in [0.25, 0.3) is 0 Å². The summed E-state index contributed by atoms with van der Waals surface area (Å²) in [5, 5.41) is 0. The minimum atomic E-state index is 1.19. The molecule has 0 aliphatic rings. The Hall–Kier alpha value is -0.120. The van der Waals surface area contributed by atoms with Crippen LogP contribution in [-0.2, 0) is 0 Å². The molecule has 0 amide bonds. The van der Waals surface area contributed by atoms with Crippen LogP contribution in [-0.4, -0.2) is 76.1 Å². The minimum absolute atomic E-state index is 1.19. The third kappa shape index (κ3) is 36.1. The molecule has 0 aliphatic carbocycles. The molecule has 0 bridgehead atoms. The van der Waals surface area contributed by atoms with Gasteiger partial charge in [-0.1, -0.05) is 41.5 Å². The molecule has 0 unspecified atom stereocenters. The first-order chi connectivity index (χ1) is 9.52. The van der Waals surface area contributed by atoms with Gasteiger partial charge in [0, 0.05) is 0 Å². The predicted octanol–water partition coefficient (Wildman–Crippen LogP) is 3.90. The van der Waals surface area contributed by atoms with Crippen LogP contribution in [0.5, 0.6) is 0 Å². The molecule has 0 rings (SSSR count). The van der Waals surface area contributed by atoms with Crippen molar-refractivity contribution in [3.63, 3.8) is 0 Å². The molecule has 0 heterocycles. The predicted molar refractivity (Wildman–Crippen MR) is 97.9 cm³/mol. The quantitative estimate of drug-likeness (QED) is 0.671. The summed E-state index contributed by atoms with van der Waals surface area (Å²) in [5.41, 5.74) is 0. The lowest BCUT2D eigenvalue weighted by Gasteiger charge is -2.19. The van der Waals surface area contributed by atoms with Crippen LogP contribution in [0.3, 0.4) is 0 Å². The van der Waals surface area contributed by atoms with Gasteiger partial charge < -0.3 is 14.7 Å². The highest BCUT2D eigenvalue weighted by molar-refractivity contribution is 4.55. The molecular weight excluding hydrogens is 246 g/mol. The lowest BCUT2D eigenvalue weighted by Crippen LogP contribution is -2.26. The van der Waals surface area contributed by atoms with Crippen LogP contribution in [0.1, 0.15) is 54.4 Å². The Kier molecular flexibility index (Phi) is 38.3. The van der Waals surface area contributed by atoms with Gasteiger partial charge in [-0.25, -0.2) is 0 Å². The monoisotopic (exact) mass is 291 g/mol. The van der Waals surface area contributed by atoms with Crippen molar-refractivity contribution in [2.75, 3.05) is 61.4 Å². The first-order valence-corrected chi connectivity index (χ1v) is 8.50. The Morgan fingerprint density at radius 3 is 0.900 bits per heavy atom. The van der Waals surface area contributed by atoms with Gasteiger partial charge in [-0.05, 0) is 74.3 Å². The van der Waals surface area contributed by atoms with Gasteiger partial charge in [-0.15, -0.1) is 0 Å². The zero-order valence-corrected chi connectivity index (χ0v) is 16.6. The lowest BCUT2D eigenvalue weighted by molar-refractivity contribution is 0.281. The molecular formula is C17H45N3. The molecule has 0 aliphatic heterocycles. The summed E-state index contributed by atoms with van der Waals surface area (Å²) < 4.78 is 0. The molecule has 0 aromatic carbocycles. The van der Waals surface area contributed by atoms with Crippen LogP contribution in [0.25, 0.3) is 0 Å². The number of hydrogen-bond donors (Lipinski definition) is 0. The largest absolute Gasteiger partial charge is 0.309 e. The molecule has 20 heavy (non-hydrogen) atoms. The average Bonchev–Trinajstić information content (AvgIpc) is 2.44. The van der Waals surface area contributed by atoms with Crippen LogP contribution >= 0.6 is 0 Å². The summed E-state index contributed by atoms with van der Waals surface area (Å²) in [5.74, 6) is 0. The highest BCUT2D eigenvalue weighted by Crippen LogP contribution is 1.92. The third-order valence-corrected chi connectivity index (χ3v) is 2.29. The Morgan fingerprint density at radius 2 is 0.700 bits per heavy atom. The molecule has 0 spiro atoms. The van der Waals surface area contributed by atoms with E-state index in [0.717, 1.165) is 0 Å². The summed E-state index contributed by atoms with van der Waals surface area (Å²) in [6, 6.07) is 0. The van der Waals surface area contributed by atoms with E-state index in [1.807, 2.05) is 41.5 Å². The van der Waals surface area contributed by atoms with E-state index in [1.165, 1.54) is 39.0 Å². The van der Waals surface area contributed by atoms with Crippen molar-refractivity contribution >= 4 is 0 Å². The second kappa shape index (κ2) is 27.3. The Bertz CT molecular complexity index is 111. The van der Waals surface area contributed by atoms with Gasteiger partial charge >= 0.3 is 0 Å². The van der Waals surface area contributed by atoms with Crippen LogP contribution in [0, 0.1) is 0 Å². The highest BCUT2D eigenvalue weighted by atomic mass is 15.1. The number of hydrogen-bond acceptors (Lipinski definition) is 3. The van der Waals surface area contributed by atoms with Crippen molar-refractivity contribution in [2.45, 2.75) is 54.4 Å². The van der Waals surface area contributed by atoms with Gasteiger partial charge in [-0.2, -0.15) is 0 Å². The number of nitrogens with zero attached hydrogens (tertiary/aromatic N) is 3. The van der Waals surface area contributed by atoms with Crippen molar-refractivity contribution in [1.82, 2.24) is 14.7 Å². The van der Waals surface area contributed by atoms with Crippen LogP contribution in [0.2, 0.25) is 0 Å². The summed E-state index contributed by atoms with van der Waals surface area (Å²) in [6.45, 7) is 16.8. The summed E-state index contributed by atoms with van der Waals surface area (Å²) in [6.07, 6.45) is 2.54. The molecule has 0 radical (unpaired) electrons. The lowest BCUT2D eigenvalue weighted by atomic mass is 10.3. The first kappa shape index (κ1) is 28.1. The Balaban J connectivity index is -0.000000187. The molecule has 0 saturated carbocycles. The standard InChI is InChI=1S/C11H27N3.3C2H6/c1-12(2)8-6-10-14(5)11-7-9-13(3)4;3*1-2/h6-11H2,1-5H3;3*1-2H3. The number of rotatable bonds is 8. The van der Waals surface area contributed by atoms with Crippen molar-refractivity contribution in [3.05, 3.63) is 0 Å². The van der Waals surface area contributed by atoms with Gasteiger partial charge in [0.15, 0.2) is 0 Å². The van der Waals surface area contributed by atoms with Crippen LogP contribution in [0.15, 0.2) is 0 Å². The maximum atomic E-state index is 2.42. The maximum absolute atomic E-state index is 2.42. The van der Waals surface area contributed by atoms with Gasteiger partial charge in [0.05, 0.1) is 0 Å². The smallest absolute Gasteiger partial charge is 0.000959 e. The first-order valence-electron chi connectivity index (χ1n) is 8.50. The van der Waals surface area contributed by atoms with E-state index in [4.69, 9.17) is 0 Å². The second-order valence-corrected chi connectivity index (χ2v) is 4.62. The fraction of sp³-hybridized carbons (Fsp3) is 1.00. The topological polar surface area (TPSA) is 9.72 Å². The third-order valence-electron chi connectivity index (χ3n) is 2.29. The fourth-order valence-corrected chi connectivity index (χ4v) is 1.43.